The van der Waals surface area contributed by atoms with Crippen LogP contribution in [0.3, 0.4) is 0 Å². The van der Waals surface area contributed by atoms with Crippen molar-refractivity contribution in [2.45, 2.75) is 57.0 Å². The molecule has 3 aromatic rings. The van der Waals surface area contributed by atoms with Crippen molar-refractivity contribution in [3.8, 4) is 0 Å². The van der Waals surface area contributed by atoms with E-state index in [0.29, 0.717) is 12.1 Å². The van der Waals surface area contributed by atoms with Crippen LogP contribution in [0.1, 0.15) is 67.2 Å². The van der Waals surface area contributed by atoms with Crippen LogP contribution in [0.4, 0.5) is 10.5 Å². The van der Waals surface area contributed by atoms with Crippen molar-refractivity contribution < 1.29 is 14.4 Å². The second-order valence-corrected chi connectivity index (χ2v) is 10.9. The molecule has 208 valence electrons. The van der Waals surface area contributed by atoms with Gasteiger partial charge in [-0.3, -0.25) is 14.5 Å². The van der Waals surface area contributed by atoms with Crippen molar-refractivity contribution >= 4 is 23.5 Å². The third-order valence-electron chi connectivity index (χ3n) is 8.23. The van der Waals surface area contributed by atoms with Crippen LogP contribution in [-0.4, -0.2) is 35.8 Å². The topological polar surface area (TPSA) is 95.7 Å². The highest BCUT2D eigenvalue weighted by atomic mass is 16.2. The molecule has 5 rings (SSSR count). The number of hydrogen-bond donors (Lipinski definition) is 2. The SMILES string of the molecule is NC(=O)C(NC(=O)C1CCCCC1c1ccc(CN(C(=O)N2CCCC2)c2ccccc2)cc1)c1ccccc1. The Balaban J connectivity index is 1.31. The Morgan fingerprint density at radius 1 is 0.825 bits per heavy atom. The molecule has 3 unspecified atom stereocenters. The summed E-state index contributed by atoms with van der Waals surface area (Å²) in [6, 6.07) is 26.5. The summed E-state index contributed by atoms with van der Waals surface area (Å²) in [6.07, 6.45) is 5.80. The molecule has 2 fully saturated rings. The minimum Gasteiger partial charge on any atom is -0.368 e. The summed E-state index contributed by atoms with van der Waals surface area (Å²) in [7, 11) is 0. The summed E-state index contributed by atoms with van der Waals surface area (Å²) in [5.41, 5.74) is 9.38. The average molecular weight is 539 g/mol. The number of urea groups is 1. The fourth-order valence-corrected chi connectivity index (χ4v) is 6.07. The molecule has 2 aliphatic rings. The monoisotopic (exact) mass is 538 g/mol. The van der Waals surface area contributed by atoms with Gasteiger partial charge in [0.25, 0.3) is 0 Å². The second-order valence-electron chi connectivity index (χ2n) is 10.9. The van der Waals surface area contributed by atoms with E-state index in [1.807, 2.05) is 58.3 Å². The van der Waals surface area contributed by atoms with Crippen molar-refractivity contribution in [2.75, 3.05) is 18.0 Å². The summed E-state index contributed by atoms with van der Waals surface area (Å²) >= 11 is 0. The van der Waals surface area contributed by atoms with E-state index < -0.39 is 11.9 Å². The van der Waals surface area contributed by atoms with E-state index in [4.69, 9.17) is 5.73 Å². The lowest BCUT2D eigenvalue weighted by Gasteiger charge is -2.32. The van der Waals surface area contributed by atoms with Crippen LogP contribution in [0.15, 0.2) is 84.9 Å². The van der Waals surface area contributed by atoms with Crippen molar-refractivity contribution in [3.05, 3.63) is 102 Å². The molecule has 0 aromatic heterocycles. The number of benzene rings is 3. The smallest absolute Gasteiger partial charge is 0.324 e. The van der Waals surface area contributed by atoms with Crippen LogP contribution >= 0.6 is 0 Å². The largest absolute Gasteiger partial charge is 0.368 e. The van der Waals surface area contributed by atoms with Gasteiger partial charge < -0.3 is 16.0 Å². The maximum Gasteiger partial charge on any atom is 0.324 e. The van der Waals surface area contributed by atoms with Crippen molar-refractivity contribution in [2.24, 2.45) is 11.7 Å². The van der Waals surface area contributed by atoms with Gasteiger partial charge in [-0.1, -0.05) is 85.6 Å². The van der Waals surface area contributed by atoms with Gasteiger partial charge >= 0.3 is 6.03 Å². The van der Waals surface area contributed by atoms with Crippen molar-refractivity contribution in [3.63, 3.8) is 0 Å². The molecule has 4 amide bonds. The number of nitrogens with two attached hydrogens (primary N) is 1. The van der Waals surface area contributed by atoms with Gasteiger partial charge in [-0.05, 0) is 60.4 Å². The lowest BCUT2D eigenvalue weighted by molar-refractivity contribution is -0.131. The highest BCUT2D eigenvalue weighted by molar-refractivity contribution is 5.92. The van der Waals surface area contributed by atoms with Gasteiger partial charge in [0, 0.05) is 24.7 Å². The number of anilines is 1. The average Bonchev–Trinajstić information content (AvgIpc) is 3.55. The lowest BCUT2D eigenvalue weighted by Crippen LogP contribution is -2.42. The number of likely N-dealkylation sites (tertiary alicyclic amines) is 1. The number of hydrogen-bond acceptors (Lipinski definition) is 3. The number of carbonyl (C=O) groups is 3. The molecule has 1 aliphatic carbocycles. The molecule has 1 heterocycles. The Kier molecular flexibility index (Phi) is 8.79. The van der Waals surface area contributed by atoms with Gasteiger partial charge in [0.2, 0.25) is 11.8 Å². The van der Waals surface area contributed by atoms with Crippen LogP contribution in [0.5, 0.6) is 0 Å². The van der Waals surface area contributed by atoms with E-state index in [1.54, 1.807) is 12.1 Å². The number of carbonyl (C=O) groups excluding carboxylic acids is 3. The summed E-state index contributed by atoms with van der Waals surface area (Å²) in [6.45, 7) is 2.08. The first-order chi connectivity index (χ1) is 19.5. The third-order valence-corrected chi connectivity index (χ3v) is 8.23. The van der Waals surface area contributed by atoms with Gasteiger partial charge in [-0.15, -0.1) is 0 Å². The Hall–Kier alpha value is -4.13. The van der Waals surface area contributed by atoms with Gasteiger partial charge in [-0.25, -0.2) is 4.79 Å². The van der Waals surface area contributed by atoms with E-state index in [9.17, 15) is 14.4 Å². The first kappa shape index (κ1) is 27.4. The van der Waals surface area contributed by atoms with Crippen LogP contribution in [-0.2, 0) is 16.1 Å². The Morgan fingerprint density at radius 3 is 2.10 bits per heavy atom. The summed E-state index contributed by atoms with van der Waals surface area (Å²) < 4.78 is 0. The normalized spacial score (nSPS) is 19.6. The summed E-state index contributed by atoms with van der Waals surface area (Å²) in [4.78, 5) is 42.9. The molecule has 1 saturated heterocycles. The van der Waals surface area contributed by atoms with Gasteiger partial charge in [0.05, 0.1) is 6.54 Å². The number of nitrogens with zero attached hydrogens (tertiary/aromatic N) is 2. The maximum atomic E-state index is 13.5. The van der Waals surface area contributed by atoms with Crippen molar-refractivity contribution in [1.29, 1.82) is 0 Å². The first-order valence-electron chi connectivity index (χ1n) is 14.4. The van der Waals surface area contributed by atoms with E-state index in [0.717, 1.165) is 68.4 Å². The zero-order valence-electron chi connectivity index (χ0n) is 22.9. The van der Waals surface area contributed by atoms with Crippen LogP contribution in [0.25, 0.3) is 0 Å². The zero-order chi connectivity index (χ0) is 27.9. The maximum absolute atomic E-state index is 13.5. The van der Waals surface area contributed by atoms with Gasteiger partial charge in [0.15, 0.2) is 0 Å². The molecule has 7 nitrogen and oxygen atoms in total. The highest BCUT2D eigenvalue weighted by Gasteiger charge is 2.34. The second kappa shape index (κ2) is 12.8. The van der Waals surface area contributed by atoms with E-state index in [-0.39, 0.29) is 23.8 Å². The number of amides is 4. The molecular weight excluding hydrogens is 500 g/mol. The quantitative estimate of drug-likeness (QED) is 0.395. The lowest BCUT2D eigenvalue weighted by atomic mass is 9.74. The highest BCUT2D eigenvalue weighted by Crippen LogP contribution is 2.38. The molecule has 3 atom stereocenters. The molecule has 3 aromatic carbocycles. The predicted octanol–water partition coefficient (Wildman–Crippen LogP) is 5.53. The van der Waals surface area contributed by atoms with Crippen LogP contribution in [0.2, 0.25) is 0 Å². The predicted molar refractivity (Wildman–Crippen MR) is 156 cm³/mol. The fraction of sp³-hybridized carbons (Fsp3) is 0.364. The molecule has 0 spiro atoms. The van der Waals surface area contributed by atoms with E-state index in [2.05, 4.69) is 29.6 Å². The molecule has 40 heavy (non-hydrogen) atoms. The molecule has 1 aliphatic heterocycles. The molecule has 1 saturated carbocycles. The van der Waals surface area contributed by atoms with E-state index in [1.165, 1.54) is 0 Å². The molecule has 3 N–H and O–H groups in total. The summed E-state index contributed by atoms with van der Waals surface area (Å²) in [5.74, 6) is -0.873. The Morgan fingerprint density at radius 2 is 1.45 bits per heavy atom. The molecular formula is C33H38N4O3. The standard InChI is InChI=1S/C33H38N4O3/c34-31(38)30(26-11-3-1-4-12-26)35-32(39)29-16-8-7-15-28(29)25-19-17-24(18-20-25)23-37(27-13-5-2-6-14-27)33(40)36-21-9-10-22-36/h1-6,11-14,17-20,28-30H,7-10,15-16,21-23H2,(H2,34,38)(H,35,39). The molecule has 7 heteroatoms. The number of para-hydroxylation sites is 1. The number of nitrogens with one attached hydrogen (secondary N) is 1. The first-order valence-corrected chi connectivity index (χ1v) is 14.4. The number of primary amides is 1. The van der Waals surface area contributed by atoms with Gasteiger partial charge in [0.1, 0.15) is 6.04 Å². The molecule has 0 radical (unpaired) electrons. The fourth-order valence-electron chi connectivity index (χ4n) is 6.07. The molecule has 0 bridgehead atoms. The zero-order valence-corrected chi connectivity index (χ0v) is 22.9. The Bertz CT molecular complexity index is 1290. The van der Waals surface area contributed by atoms with Crippen molar-refractivity contribution in [1.82, 2.24) is 10.2 Å². The minimum absolute atomic E-state index is 0.0409. The number of rotatable bonds is 8. The Labute approximate surface area is 236 Å². The minimum atomic E-state index is -0.851. The van der Waals surface area contributed by atoms with E-state index >= 15 is 0 Å². The van der Waals surface area contributed by atoms with Crippen LogP contribution in [0, 0.1) is 5.92 Å². The summed E-state index contributed by atoms with van der Waals surface area (Å²) in [5, 5.41) is 2.93. The van der Waals surface area contributed by atoms with Gasteiger partial charge in [-0.2, -0.15) is 0 Å². The third kappa shape index (κ3) is 6.36. The van der Waals surface area contributed by atoms with Crippen LogP contribution < -0.4 is 16.0 Å².